The summed E-state index contributed by atoms with van der Waals surface area (Å²) >= 11 is 0. The van der Waals surface area contributed by atoms with Crippen molar-refractivity contribution < 1.29 is 4.74 Å². The third kappa shape index (κ3) is 2.89. The molecule has 1 heterocycles. The Morgan fingerprint density at radius 3 is 3.00 bits per heavy atom. The molecule has 0 bridgehead atoms. The zero-order chi connectivity index (χ0) is 12.8. The van der Waals surface area contributed by atoms with Gasteiger partial charge in [-0.05, 0) is 24.3 Å². The molecule has 0 saturated heterocycles. The summed E-state index contributed by atoms with van der Waals surface area (Å²) in [5.41, 5.74) is 1.88. The second-order valence-electron chi connectivity index (χ2n) is 4.14. The first kappa shape index (κ1) is 12.6. The maximum Gasteiger partial charge on any atom is 0.0991 e. The minimum atomic E-state index is 0.707. The fraction of sp³-hybridized carbons (Fsp3) is 0.357. The van der Waals surface area contributed by atoms with E-state index in [1.54, 1.807) is 7.11 Å². The molecule has 0 radical (unpaired) electrons. The molecule has 0 unspecified atom stereocenters. The van der Waals surface area contributed by atoms with Crippen molar-refractivity contribution in [3.8, 4) is 6.07 Å². The lowest BCUT2D eigenvalue weighted by molar-refractivity contribution is 0.199. The maximum absolute atomic E-state index is 8.85. The molecule has 0 aliphatic heterocycles. The molecule has 0 aliphatic rings. The van der Waals surface area contributed by atoms with Crippen LogP contribution < -0.4 is 5.32 Å². The van der Waals surface area contributed by atoms with Gasteiger partial charge in [0.15, 0.2) is 0 Å². The molecular weight excluding hydrogens is 226 g/mol. The van der Waals surface area contributed by atoms with E-state index in [1.807, 2.05) is 24.3 Å². The van der Waals surface area contributed by atoms with Crippen LogP contribution in [-0.4, -0.2) is 31.4 Å². The first-order chi connectivity index (χ1) is 8.85. The molecule has 0 amide bonds. The minimum Gasteiger partial charge on any atom is -0.383 e. The van der Waals surface area contributed by atoms with Gasteiger partial charge in [-0.2, -0.15) is 5.26 Å². The number of hydrogen-bond acceptors (Lipinski definition) is 3. The van der Waals surface area contributed by atoms with E-state index in [2.05, 4.69) is 22.1 Å². The number of rotatable bonds is 6. The Kier molecular flexibility index (Phi) is 4.35. The van der Waals surface area contributed by atoms with Gasteiger partial charge in [-0.1, -0.05) is 0 Å². The summed E-state index contributed by atoms with van der Waals surface area (Å²) in [7, 11) is 1.70. The molecule has 1 aromatic carbocycles. The van der Waals surface area contributed by atoms with Gasteiger partial charge in [-0.3, -0.25) is 0 Å². The molecule has 2 aromatic rings. The molecule has 0 aliphatic carbocycles. The van der Waals surface area contributed by atoms with E-state index in [1.165, 1.54) is 5.52 Å². The van der Waals surface area contributed by atoms with Crippen molar-refractivity contribution in [1.29, 1.82) is 5.26 Å². The molecule has 4 nitrogen and oxygen atoms in total. The van der Waals surface area contributed by atoms with E-state index in [0.29, 0.717) is 5.56 Å². The number of hydrogen-bond donors (Lipinski definition) is 1. The van der Waals surface area contributed by atoms with Crippen molar-refractivity contribution in [3.05, 3.63) is 36.0 Å². The van der Waals surface area contributed by atoms with Gasteiger partial charge < -0.3 is 14.6 Å². The molecule has 18 heavy (non-hydrogen) atoms. The molecule has 1 aromatic heterocycles. The molecule has 4 heteroatoms. The highest BCUT2D eigenvalue weighted by Crippen LogP contribution is 2.17. The second kappa shape index (κ2) is 6.20. The van der Waals surface area contributed by atoms with Crippen LogP contribution in [0.5, 0.6) is 0 Å². The predicted molar refractivity (Wildman–Crippen MR) is 71.4 cm³/mol. The normalized spacial score (nSPS) is 10.7. The summed E-state index contributed by atoms with van der Waals surface area (Å²) in [6.07, 6.45) is 2.06. The number of ether oxygens (including phenoxy) is 1. The molecule has 0 atom stereocenters. The maximum atomic E-state index is 8.85. The van der Waals surface area contributed by atoms with Gasteiger partial charge in [0.1, 0.15) is 0 Å². The topological polar surface area (TPSA) is 50.0 Å². The first-order valence-corrected chi connectivity index (χ1v) is 6.04. The summed E-state index contributed by atoms with van der Waals surface area (Å²) in [5.74, 6) is 0. The quantitative estimate of drug-likeness (QED) is 0.786. The monoisotopic (exact) mass is 243 g/mol. The number of methoxy groups -OCH3 is 1. The minimum absolute atomic E-state index is 0.707. The standard InChI is InChI=1S/C14H17N3O/c1-18-9-6-16-5-8-17-7-4-13-10-12(11-15)2-3-14(13)17/h2-4,7,10,16H,5-6,8-9H2,1H3. The molecule has 0 spiro atoms. The third-order valence-electron chi connectivity index (χ3n) is 2.91. The fourth-order valence-corrected chi connectivity index (χ4v) is 1.96. The van der Waals surface area contributed by atoms with Crippen LogP contribution >= 0.6 is 0 Å². The lowest BCUT2D eigenvalue weighted by Crippen LogP contribution is -2.23. The number of fused-ring (bicyclic) bond motifs is 1. The van der Waals surface area contributed by atoms with Gasteiger partial charge in [0.05, 0.1) is 18.2 Å². The van der Waals surface area contributed by atoms with Crippen molar-refractivity contribution >= 4 is 10.9 Å². The largest absolute Gasteiger partial charge is 0.383 e. The van der Waals surface area contributed by atoms with Crippen molar-refractivity contribution in [1.82, 2.24) is 9.88 Å². The molecule has 0 saturated carbocycles. The number of nitrogens with one attached hydrogen (secondary N) is 1. The van der Waals surface area contributed by atoms with Crippen LogP contribution in [0, 0.1) is 11.3 Å². The Balaban J connectivity index is 1.99. The van der Waals surface area contributed by atoms with Crippen LogP contribution in [0.3, 0.4) is 0 Å². The summed E-state index contributed by atoms with van der Waals surface area (Å²) < 4.78 is 7.17. The van der Waals surface area contributed by atoms with Gasteiger partial charge in [-0.15, -0.1) is 0 Å². The van der Waals surface area contributed by atoms with E-state index >= 15 is 0 Å². The van der Waals surface area contributed by atoms with Crippen LogP contribution in [0.4, 0.5) is 0 Å². The number of nitriles is 1. The summed E-state index contributed by atoms with van der Waals surface area (Å²) in [5, 5.41) is 13.3. The molecule has 1 N–H and O–H groups in total. The zero-order valence-electron chi connectivity index (χ0n) is 10.5. The number of nitrogens with zero attached hydrogens (tertiary/aromatic N) is 2. The smallest absolute Gasteiger partial charge is 0.0991 e. The Labute approximate surface area is 107 Å². The SMILES string of the molecule is COCCNCCn1ccc2cc(C#N)ccc21. The average molecular weight is 243 g/mol. The van der Waals surface area contributed by atoms with E-state index in [0.717, 1.165) is 31.6 Å². The van der Waals surface area contributed by atoms with Crippen LogP contribution in [-0.2, 0) is 11.3 Å². The van der Waals surface area contributed by atoms with Gasteiger partial charge in [0.2, 0.25) is 0 Å². The van der Waals surface area contributed by atoms with Crippen molar-refractivity contribution in [2.75, 3.05) is 26.8 Å². The van der Waals surface area contributed by atoms with Crippen LogP contribution in [0.15, 0.2) is 30.5 Å². The van der Waals surface area contributed by atoms with Gasteiger partial charge in [0, 0.05) is 43.8 Å². The fourth-order valence-electron chi connectivity index (χ4n) is 1.96. The van der Waals surface area contributed by atoms with Gasteiger partial charge in [-0.25, -0.2) is 0 Å². The van der Waals surface area contributed by atoms with Crippen molar-refractivity contribution in [2.24, 2.45) is 0 Å². The highest BCUT2D eigenvalue weighted by Gasteiger charge is 2.01. The average Bonchev–Trinajstić information content (AvgIpc) is 2.81. The van der Waals surface area contributed by atoms with E-state index in [-0.39, 0.29) is 0 Å². The number of aromatic nitrogens is 1. The Morgan fingerprint density at radius 1 is 1.33 bits per heavy atom. The second-order valence-corrected chi connectivity index (χ2v) is 4.14. The van der Waals surface area contributed by atoms with E-state index in [4.69, 9.17) is 10.00 Å². The molecule has 94 valence electrons. The van der Waals surface area contributed by atoms with Crippen molar-refractivity contribution in [2.45, 2.75) is 6.54 Å². The highest BCUT2D eigenvalue weighted by atomic mass is 16.5. The Hall–Kier alpha value is -1.83. The van der Waals surface area contributed by atoms with E-state index in [9.17, 15) is 0 Å². The number of benzene rings is 1. The lowest BCUT2D eigenvalue weighted by atomic mass is 10.2. The Morgan fingerprint density at radius 2 is 2.22 bits per heavy atom. The van der Waals surface area contributed by atoms with Crippen LogP contribution in [0.2, 0.25) is 0 Å². The molecule has 0 fully saturated rings. The summed E-state index contributed by atoms with van der Waals surface area (Å²) in [4.78, 5) is 0. The molecular formula is C14H17N3O. The van der Waals surface area contributed by atoms with Crippen LogP contribution in [0.25, 0.3) is 10.9 Å². The van der Waals surface area contributed by atoms with E-state index < -0.39 is 0 Å². The Bertz CT molecular complexity index is 554. The molecule has 2 rings (SSSR count). The first-order valence-electron chi connectivity index (χ1n) is 6.04. The van der Waals surface area contributed by atoms with Crippen LogP contribution in [0.1, 0.15) is 5.56 Å². The third-order valence-corrected chi connectivity index (χ3v) is 2.91. The van der Waals surface area contributed by atoms with Gasteiger partial charge >= 0.3 is 0 Å². The summed E-state index contributed by atoms with van der Waals surface area (Å²) in [6.45, 7) is 3.43. The zero-order valence-corrected chi connectivity index (χ0v) is 10.5. The lowest BCUT2D eigenvalue weighted by Gasteiger charge is -2.07. The highest BCUT2D eigenvalue weighted by molar-refractivity contribution is 5.81. The van der Waals surface area contributed by atoms with Crippen molar-refractivity contribution in [3.63, 3.8) is 0 Å². The van der Waals surface area contributed by atoms with Gasteiger partial charge in [0.25, 0.3) is 0 Å². The summed E-state index contributed by atoms with van der Waals surface area (Å²) in [6, 6.07) is 9.99. The predicted octanol–water partition coefficient (Wildman–Crippen LogP) is 1.75.